The minimum absolute atomic E-state index is 0.201. The van der Waals surface area contributed by atoms with Crippen LogP contribution in [0.5, 0.6) is 0 Å². The summed E-state index contributed by atoms with van der Waals surface area (Å²) in [4.78, 5) is 12.7. The molecule has 1 amide bonds. The van der Waals surface area contributed by atoms with Crippen LogP contribution in [0, 0.1) is 0 Å². The molecule has 0 aromatic rings. The van der Waals surface area contributed by atoms with Crippen molar-refractivity contribution in [1.29, 1.82) is 0 Å². The van der Waals surface area contributed by atoms with E-state index < -0.39 is 6.10 Å². The van der Waals surface area contributed by atoms with Gasteiger partial charge in [-0.2, -0.15) is 0 Å². The number of rotatable bonds is 1. The molecule has 11 heavy (non-hydrogen) atoms. The molecule has 0 aromatic carbocycles. The average molecular weight is 159 g/mol. The lowest BCUT2D eigenvalue weighted by atomic mass is 10.3. The van der Waals surface area contributed by atoms with E-state index >= 15 is 0 Å². The fourth-order valence-electron chi connectivity index (χ4n) is 1.05. The molecule has 4 nitrogen and oxygen atoms in total. The number of hydrogen-bond acceptors (Lipinski definition) is 3. The molecule has 1 aliphatic heterocycles. The number of hydrogen-bond donors (Lipinski definition) is 1. The molecule has 0 bridgehead atoms. The molecule has 4 heteroatoms. The maximum Gasteiger partial charge on any atom is 0.251 e. The molecule has 1 N–H and O–H groups in total. The Bertz CT molecular complexity index is 141. The molecule has 64 valence electrons. The average Bonchev–Trinajstić information content (AvgIpc) is 2.05. The van der Waals surface area contributed by atoms with Crippen LogP contribution < -0.4 is 0 Å². The van der Waals surface area contributed by atoms with Gasteiger partial charge in [-0.1, -0.05) is 0 Å². The van der Waals surface area contributed by atoms with Crippen molar-refractivity contribution in [3.63, 3.8) is 0 Å². The predicted molar refractivity (Wildman–Crippen MR) is 39.1 cm³/mol. The Balaban J connectivity index is 2.39. The van der Waals surface area contributed by atoms with Crippen LogP contribution in [-0.2, 0) is 9.53 Å². The van der Waals surface area contributed by atoms with E-state index in [0.29, 0.717) is 26.3 Å². The number of ether oxygens (including phenoxy) is 1. The van der Waals surface area contributed by atoms with E-state index in [1.54, 1.807) is 4.90 Å². The minimum atomic E-state index is -0.881. The summed E-state index contributed by atoms with van der Waals surface area (Å²) in [6, 6.07) is 0. The lowest BCUT2D eigenvalue weighted by Crippen LogP contribution is -2.44. The van der Waals surface area contributed by atoms with E-state index in [4.69, 9.17) is 9.84 Å². The van der Waals surface area contributed by atoms with Crippen LogP contribution >= 0.6 is 0 Å². The van der Waals surface area contributed by atoms with Crippen molar-refractivity contribution in [1.82, 2.24) is 4.90 Å². The van der Waals surface area contributed by atoms with Crippen LogP contribution in [0.25, 0.3) is 0 Å². The van der Waals surface area contributed by atoms with Crippen molar-refractivity contribution < 1.29 is 14.6 Å². The third-order valence-electron chi connectivity index (χ3n) is 1.68. The van der Waals surface area contributed by atoms with Crippen molar-refractivity contribution in [2.24, 2.45) is 0 Å². The first kappa shape index (κ1) is 8.49. The standard InChI is InChI=1S/C7H13NO3/c1-6(9)7(10)8-2-4-11-5-3-8/h6,9H,2-5H2,1H3. The van der Waals surface area contributed by atoms with E-state index in [0.717, 1.165) is 0 Å². The smallest absolute Gasteiger partial charge is 0.251 e. The maximum absolute atomic E-state index is 11.1. The Labute approximate surface area is 65.8 Å². The van der Waals surface area contributed by atoms with Crippen LogP contribution in [0.3, 0.4) is 0 Å². The van der Waals surface area contributed by atoms with Gasteiger partial charge >= 0.3 is 0 Å². The summed E-state index contributed by atoms with van der Waals surface area (Å²) < 4.78 is 5.05. The predicted octanol–water partition coefficient (Wildman–Crippen LogP) is -0.774. The summed E-state index contributed by atoms with van der Waals surface area (Å²) in [5.41, 5.74) is 0. The first-order valence-corrected chi connectivity index (χ1v) is 3.76. The SMILES string of the molecule is CC(O)C(=O)N1CCOCC1. The molecule has 0 aromatic heterocycles. The van der Waals surface area contributed by atoms with Crippen LogP contribution in [0.2, 0.25) is 0 Å². The van der Waals surface area contributed by atoms with Crippen molar-refractivity contribution in [3.05, 3.63) is 0 Å². The number of amides is 1. The molecule has 1 unspecified atom stereocenters. The highest BCUT2D eigenvalue weighted by Crippen LogP contribution is 1.99. The zero-order valence-corrected chi connectivity index (χ0v) is 6.62. The van der Waals surface area contributed by atoms with Crippen LogP contribution in [0.4, 0.5) is 0 Å². The number of morpholine rings is 1. The summed E-state index contributed by atoms with van der Waals surface area (Å²) >= 11 is 0. The Kier molecular flexibility index (Phi) is 2.84. The zero-order valence-electron chi connectivity index (χ0n) is 6.62. The van der Waals surface area contributed by atoms with Crippen molar-refractivity contribution in [2.45, 2.75) is 13.0 Å². The molecule has 0 aliphatic carbocycles. The van der Waals surface area contributed by atoms with Crippen LogP contribution in [0.15, 0.2) is 0 Å². The second-order valence-corrected chi connectivity index (χ2v) is 2.61. The van der Waals surface area contributed by atoms with E-state index in [1.165, 1.54) is 6.92 Å². The van der Waals surface area contributed by atoms with Gasteiger partial charge in [-0.05, 0) is 6.92 Å². The molecule has 1 heterocycles. The molecular formula is C7H13NO3. The van der Waals surface area contributed by atoms with Gasteiger partial charge in [-0.3, -0.25) is 4.79 Å². The molecule has 1 atom stereocenters. The summed E-state index contributed by atoms with van der Waals surface area (Å²) in [6.45, 7) is 3.85. The largest absolute Gasteiger partial charge is 0.384 e. The third kappa shape index (κ3) is 2.17. The molecule has 0 saturated carbocycles. The summed E-state index contributed by atoms with van der Waals surface area (Å²) in [5.74, 6) is -0.201. The topological polar surface area (TPSA) is 49.8 Å². The van der Waals surface area contributed by atoms with Gasteiger partial charge in [0.2, 0.25) is 0 Å². The van der Waals surface area contributed by atoms with Gasteiger partial charge < -0.3 is 14.7 Å². The normalized spacial score (nSPS) is 21.5. The monoisotopic (exact) mass is 159 g/mol. The van der Waals surface area contributed by atoms with Gasteiger partial charge in [0.05, 0.1) is 13.2 Å². The lowest BCUT2D eigenvalue weighted by Gasteiger charge is -2.27. The Morgan fingerprint density at radius 3 is 2.55 bits per heavy atom. The number of carbonyl (C=O) groups excluding carboxylic acids is 1. The third-order valence-corrected chi connectivity index (χ3v) is 1.68. The molecular weight excluding hydrogens is 146 g/mol. The highest BCUT2D eigenvalue weighted by Gasteiger charge is 2.19. The number of carbonyl (C=O) groups is 1. The van der Waals surface area contributed by atoms with Gasteiger partial charge in [0.15, 0.2) is 0 Å². The quantitative estimate of drug-likeness (QED) is 0.546. The van der Waals surface area contributed by atoms with Crippen LogP contribution in [-0.4, -0.2) is 48.3 Å². The fourth-order valence-corrected chi connectivity index (χ4v) is 1.05. The van der Waals surface area contributed by atoms with E-state index in [2.05, 4.69) is 0 Å². The number of aliphatic hydroxyl groups excluding tert-OH is 1. The summed E-state index contributed by atoms with van der Waals surface area (Å²) in [5, 5.41) is 8.94. The van der Waals surface area contributed by atoms with E-state index in [-0.39, 0.29) is 5.91 Å². The highest BCUT2D eigenvalue weighted by atomic mass is 16.5. The van der Waals surface area contributed by atoms with E-state index in [1.807, 2.05) is 0 Å². The van der Waals surface area contributed by atoms with Crippen molar-refractivity contribution in [2.75, 3.05) is 26.3 Å². The Morgan fingerprint density at radius 1 is 1.55 bits per heavy atom. The molecule has 1 fully saturated rings. The van der Waals surface area contributed by atoms with E-state index in [9.17, 15) is 4.79 Å². The van der Waals surface area contributed by atoms with Crippen molar-refractivity contribution in [3.8, 4) is 0 Å². The fraction of sp³-hybridized carbons (Fsp3) is 0.857. The second-order valence-electron chi connectivity index (χ2n) is 2.61. The van der Waals surface area contributed by atoms with Gasteiger partial charge in [0, 0.05) is 13.1 Å². The molecule has 1 saturated heterocycles. The van der Waals surface area contributed by atoms with Gasteiger partial charge in [0.25, 0.3) is 5.91 Å². The molecule has 1 rings (SSSR count). The number of nitrogens with zero attached hydrogens (tertiary/aromatic N) is 1. The maximum atomic E-state index is 11.1. The first-order valence-electron chi connectivity index (χ1n) is 3.76. The second kappa shape index (κ2) is 3.69. The first-order chi connectivity index (χ1) is 5.22. The minimum Gasteiger partial charge on any atom is -0.384 e. The van der Waals surface area contributed by atoms with Crippen molar-refractivity contribution >= 4 is 5.91 Å². The Morgan fingerprint density at radius 2 is 2.09 bits per heavy atom. The Hall–Kier alpha value is -0.610. The number of aliphatic hydroxyl groups is 1. The molecule has 0 spiro atoms. The zero-order chi connectivity index (χ0) is 8.27. The van der Waals surface area contributed by atoms with Crippen LogP contribution in [0.1, 0.15) is 6.92 Å². The lowest BCUT2D eigenvalue weighted by molar-refractivity contribution is -0.143. The van der Waals surface area contributed by atoms with Gasteiger partial charge in [-0.15, -0.1) is 0 Å². The molecule has 0 radical (unpaired) electrons. The highest BCUT2D eigenvalue weighted by molar-refractivity contribution is 5.80. The molecule has 1 aliphatic rings. The van der Waals surface area contributed by atoms with Gasteiger partial charge in [-0.25, -0.2) is 0 Å². The summed E-state index contributed by atoms with van der Waals surface area (Å²) in [7, 11) is 0. The van der Waals surface area contributed by atoms with Gasteiger partial charge in [0.1, 0.15) is 6.10 Å². The summed E-state index contributed by atoms with van der Waals surface area (Å²) in [6.07, 6.45) is -0.881.